The van der Waals surface area contributed by atoms with Gasteiger partial charge in [0.2, 0.25) is 0 Å². The van der Waals surface area contributed by atoms with Gasteiger partial charge >= 0.3 is 0 Å². The van der Waals surface area contributed by atoms with Gasteiger partial charge in [-0.05, 0) is 50.3 Å². The van der Waals surface area contributed by atoms with E-state index in [-0.39, 0.29) is 11.7 Å². The summed E-state index contributed by atoms with van der Waals surface area (Å²) in [5.41, 5.74) is 0.0683. The Morgan fingerprint density at radius 2 is 1.85 bits per heavy atom. The Balaban J connectivity index is 1.75. The van der Waals surface area contributed by atoms with E-state index in [0.29, 0.717) is 12.0 Å². The maximum atomic E-state index is 13.7. The van der Waals surface area contributed by atoms with Gasteiger partial charge in [0.15, 0.2) is 17.5 Å². The van der Waals surface area contributed by atoms with Crippen molar-refractivity contribution in [3.8, 4) is 0 Å². The van der Waals surface area contributed by atoms with Crippen molar-refractivity contribution in [2.75, 3.05) is 11.9 Å². The fourth-order valence-corrected chi connectivity index (χ4v) is 3.56. The lowest BCUT2D eigenvalue weighted by atomic mass is 9.93. The molecule has 3 rings (SSSR count). The largest absolute Gasteiger partial charge is 0.380 e. The minimum absolute atomic E-state index is 0.0683. The molecule has 3 atom stereocenters. The molecule has 3 unspecified atom stereocenters. The first-order chi connectivity index (χ1) is 9.66. The molecule has 0 spiro atoms. The minimum Gasteiger partial charge on any atom is -0.380 e. The number of anilines is 1. The summed E-state index contributed by atoms with van der Waals surface area (Å²) >= 11 is 0. The predicted molar refractivity (Wildman–Crippen MR) is 72.1 cm³/mol. The molecule has 1 aliphatic carbocycles. The molecule has 2 fully saturated rings. The van der Waals surface area contributed by atoms with Crippen LogP contribution < -0.4 is 10.6 Å². The Bertz CT molecular complexity index is 486. The van der Waals surface area contributed by atoms with Crippen LogP contribution in [0.2, 0.25) is 0 Å². The molecule has 2 N–H and O–H groups in total. The number of hydrogen-bond acceptors (Lipinski definition) is 2. The third kappa shape index (κ3) is 2.51. The van der Waals surface area contributed by atoms with E-state index in [9.17, 15) is 13.2 Å². The Morgan fingerprint density at radius 3 is 2.60 bits per heavy atom. The first-order valence-electron chi connectivity index (χ1n) is 7.30. The molecule has 1 aliphatic heterocycles. The first-order valence-corrected chi connectivity index (χ1v) is 7.30. The zero-order chi connectivity index (χ0) is 14.1. The van der Waals surface area contributed by atoms with Gasteiger partial charge in [-0.2, -0.15) is 0 Å². The van der Waals surface area contributed by atoms with Crippen LogP contribution in [0.15, 0.2) is 12.1 Å². The smallest absolute Gasteiger partial charge is 0.196 e. The summed E-state index contributed by atoms with van der Waals surface area (Å²) < 4.78 is 39.9. The number of halogens is 3. The van der Waals surface area contributed by atoms with E-state index in [0.717, 1.165) is 38.3 Å². The van der Waals surface area contributed by atoms with Gasteiger partial charge in [-0.3, -0.25) is 0 Å². The number of rotatable bonds is 3. The number of benzene rings is 1. The van der Waals surface area contributed by atoms with Crippen molar-refractivity contribution in [3.05, 3.63) is 29.6 Å². The van der Waals surface area contributed by atoms with Crippen LogP contribution in [0.5, 0.6) is 0 Å². The summed E-state index contributed by atoms with van der Waals surface area (Å²) in [5.74, 6) is -3.22. The molecule has 2 aliphatic rings. The van der Waals surface area contributed by atoms with Crippen molar-refractivity contribution >= 4 is 5.69 Å². The molecular weight excluding hydrogens is 265 g/mol. The lowest BCUT2D eigenvalue weighted by molar-refractivity contribution is 0.374. The summed E-state index contributed by atoms with van der Waals surface area (Å²) in [6, 6.07) is 2.84. The van der Waals surface area contributed by atoms with E-state index >= 15 is 0 Å². The fourth-order valence-electron chi connectivity index (χ4n) is 3.56. The molecule has 0 radical (unpaired) electrons. The molecule has 1 saturated heterocycles. The highest BCUT2D eigenvalue weighted by atomic mass is 19.2. The third-order valence-corrected chi connectivity index (χ3v) is 4.56. The maximum Gasteiger partial charge on any atom is 0.196 e. The fraction of sp³-hybridized carbons (Fsp3) is 0.600. The Hall–Kier alpha value is -1.23. The van der Waals surface area contributed by atoms with E-state index in [1.54, 1.807) is 0 Å². The van der Waals surface area contributed by atoms with Crippen molar-refractivity contribution in [2.24, 2.45) is 5.92 Å². The van der Waals surface area contributed by atoms with E-state index in [2.05, 4.69) is 10.6 Å². The van der Waals surface area contributed by atoms with Gasteiger partial charge in [-0.1, -0.05) is 6.42 Å². The van der Waals surface area contributed by atoms with Gasteiger partial charge in [0, 0.05) is 12.1 Å². The van der Waals surface area contributed by atoms with Gasteiger partial charge in [0.25, 0.3) is 0 Å². The van der Waals surface area contributed by atoms with Gasteiger partial charge < -0.3 is 10.6 Å². The number of nitrogens with one attached hydrogen (secondary N) is 2. The molecule has 1 aromatic carbocycles. The van der Waals surface area contributed by atoms with E-state index in [1.165, 1.54) is 12.5 Å². The predicted octanol–water partition coefficient (Wildman–Crippen LogP) is 3.44. The van der Waals surface area contributed by atoms with Crippen LogP contribution in [0.25, 0.3) is 0 Å². The minimum atomic E-state index is -1.40. The molecule has 110 valence electrons. The summed E-state index contributed by atoms with van der Waals surface area (Å²) in [6.07, 6.45) is 5.45. The van der Waals surface area contributed by atoms with E-state index < -0.39 is 17.5 Å². The van der Waals surface area contributed by atoms with Crippen LogP contribution in [0, 0.1) is 23.4 Å². The average Bonchev–Trinajstić information content (AvgIpc) is 3.09. The quantitative estimate of drug-likeness (QED) is 0.831. The zero-order valence-electron chi connectivity index (χ0n) is 11.3. The van der Waals surface area contributed by atoms with E-state index in [1.807, 2.05) is 0 Å². The molecule has 0 aromatic heterocycles. The van der Waals surface area contributed by atoms with Gasteiger partial charge in [-0.15, -0.1) is 0 Å². The van der Waals surface area contributed by atoms with Crippen LogP contribution in [0.3, 0.4) is 0 Å². The molecule has 1 saturated carbocycles. The monoisotopic (exact) mass is 284 g/mol. The third-order valence-electron chi connectivity index (χ3n) is 4.56. The Labute approximate surface area is 116 Å². The van der Waals surface area contributed by atoms with Crippen molar-refractivity contribution in [1.82, 2.24) is 5.32 Å². The molecule has 20 heavy (non-hydrogen) atoms. The summed E-state index contributed by atoms with van der Waals surface area (Å²) in [4.78, 5) is 0. The lowest BCUT2D eigenvalue weighted by Crippen LogP contribution is -2.38. The van der Waals surface area contributed by atoms with Crippen molar-refractivity contribution in [3.63, 3.8) is 0 Å². The van der Waals surface area contributed by atoms with Gasteiger partial charge in [-0.25, -0.2) is 13.2 Å². The molecular formula is C15H19F3N2. The van der Waals surface area contributed by atoms with E-state index in [4.69, 9.17) is 0 Å². The molecule has 2 nitrogen and oxygen atoms in total. The number of hydrogen-bond donors (Lipinski definition) is 2. The Morgan fingerprint density at radius 1 is 1.00 bits per heavy atom. The Kier molecular flexibility index (Phi) is 3.87. The first kappa shape index (κ1) is 13.7. The van der Waals surface area contributed by atoms with Gasteiger partial charge in [0.05, 0.1) is 5.69 Å². The van der Waals surface area contributed by atoms with Crippen LogP contribution in [0.4, 0.5) is 18.9 Å². The SMILES string of the molecule is Fc1ccc(NC2CCCC2C2CCCN2)c(F)c1F. The summed E-state index contributed by atoms with van der Waals surface area (Å²) in [6.45, 7) is 1.04. The van der Waals surface area contributed by atoms with Crippen LogP contribution in [-0.2, 0) is 0 Å². The van der Waals surface area contributed by atoms with Gasteiger partial charge in [0.1, 0.15) is 0 Å². The normalized spacial score (nSPS) is 29.9. The topological polar surface area (TPSA) is 24.1 Å². The lowest BCUT2D eigenvalue weighted by Gasteiger charge is -2.27. The standard InChI is InChI=1S/C15H19F3N2/c16-10-6-7-13(15(18)14(10)17)20-12-4-1-3-9(12)11-5-2-8-19-11/h6-7,9,11-12,19-20H,1-5,8H2. The maximum absolute atomic E-state index is 13.7. The van der Waals surface area contributed by atoms with Crippen LogP contribution in [0.1, 0.15) is 32.1 Å². The summed E-state index contributed by atoms with van der Waals surface area (Å²) in [5, 5.41) is 6.56. The summed E-state index contributed by atoms with van der Waals surface area (Å²) in [7, 11) is 0. The second kappa shape index (κ2) is 5.64. The van der Waals surface area contributed by atoms with Crippen LogP contribution >= 0.6 is 0 Å². The highest BCUT2D eigenvalue weighted by Crippen LogP contribution is 2.34. The average molecular weight is 284 g/mol. The second-order valence-electron chi connectivity index (χ2n) is 5.77. The molecule has 0 amide bonds. The molecule has 0 bridgehead atoms. The zero-order valence-corrected chi connectivity index (χ0v) is 11.3. The molecule has 5 heteroatoms. The highest BCUT2D eigenvalue weighted by molar-refractivity contribution is 5.46. The molecule has 1 aromatic rings. The van der Waals surface area contributed by atoms with Crippen molar-refractivity contribution in [1.29, 1.82) is 0 Å². The van der Waals surface area contributed by atoms with Crippen molar-refractivity contribution in [2.45, 2.75) is 44.2 Å². The highest BCUT2D eigenvalue weighted by Gasteiger charge is 2.35. The second-order valence-corrected chi connectivity index (χ2v) is 5.77. The van der Waals surface area contributed by atoms with Crippen molar-refractivity contribution < 1.29 is 13.2 Å². The van der Waals surface area contributed by atoms with Crippen LogP contribution in [-0.4, -0.2) is 18.6 Å². The molecule has 1 heterocycles.